The molecule has 16 heavy (non-hydrogen) atoms. The number of unbranched alkanes of at least 4 members (excludes halogenated alkanes) is 1. The molecule has 1 saturated carbocycles. The van der Waals surface area contributed by atoms with Crippen LogP contribution in [0.4, 0.5) is 0 Å². The number of rotatable bonds is 6. The summed E-state index contributed by atoms with van der Waals surface area (Å²) in [6.45, 7) is 7.97. The molecule has 0 amide bonds. The van der Waals surface area contributed by atoms with Crippen molar-refractivity contribution in [1.29, 1.82) is 5.26 Å². The quantitative estimate of drug-likeness (QED) is 0.687. The van der Waals surface area contributed by atoms with Crippen LogP contribution in [0, 0.1) is 17.2 Å². The number of nitrogens with zero attached hydrogens (tertiary/aromatic N) is 2. The molecule has 0 aromatic rings. The molecule has 2 nitrogen and oxygen atoms in total. The maximum Gasteiger partial charge on any atom is 0.0672 e. The van der Waals surface area contributed by atoms with Gasteiger partial charge in [0.05, 0.1) is 12.0 Å². The summed E-state index contributed by atoms with van der Waals surface area (Å²) in [6, 6.07) is 3.67. The lowest BCUT2D eigenvalue weighted by atomic mass is 10.0. The molecule has 3 atom stereocenters. The second-order valence-corrected chi connectivity index (χ2v) is 5.08. The zero-order valence-electron chi connectivity index (χ0n) is 11.1. The van der Waals surface area contributed by atoms with Crippen molar-refractivity contribution >= 4 is 0 Å². The van der Waals surface area contributed by atoms with Crippen LogP contribution < -0.4 is 0 Å². The Morgan fingerprint density at radius 3 is 2.69 bits per heavy atom. The van der Waals surface area contributed by atoms with Crippen LogP contribution in [-0.2, 0) is 0 Å². The van der Waals surface area contributed by atoms with Gasteiger partial charge in [0.25, 0.3) is 0 Å². The van der Waals surface area contributed by atoms with Gasteiger partial charge >= 0.3 is 0 Å². The number of nitriles is 1. The van der Waals surface area contributed by atoms with Crippen molar-refractivity contribution in [3.8, 4) is 6.07 Å². The van der Waals surface area contributed by atoms with Crippen LogP contribution in [0.3, 0.4) is 0 Å². The van der Waals surface area contributed by atoms with Crippen LogP contribution in [-0.4, -0.2) is 23.5 Å². The van der Waals surface area contributed by atoms with E-state index in [1.54, 1.807) is 0 Å². The highest BCUT2D eigenvalue weighted by Crippen LogP contribution is 2.31. The average Bonchev–Trinajstić information content (AvgIpc) is 2.77. The summed E-state index contributed by atoms with van der Waals surface area (Å²) in [4.78, 5) is 2.60. The molecule has 0 aliphatic heterocycles. The van der Waals surface area contributed by atoms with Crippen LogP contribution in [0.25, 0.3) is 0 Å². The van der Waals surface area contributed by atoms with Crippen molar-refractivity contribution in [3.63, 3.8) is 0 Å². The lowest BCUT2D eigenvalue weighted by Gasteiger charge is -2.35. The first-order valence-corrected chi connectivity index (χ1v) is 6.89. The van der Waals surface area contributed by atoms with E-state index in [-0.39, 0.29) is 5.92 Å². The Balaban J connectivity index is 2.63. The van der Waals surface area contributed by atoms with Crippen LogP contribution in [0.1, 0.15) is 59.3 Å². The van der Waals surface area contributed by atoms with Crippen molar-refractivity contribution in [2.75, 3.05) is 6.54 Å². The van der Waals surface area contributed by atoms with Crippen molar-refractivity contribution in [1.82, 2.24) is 4.90 Å². The number of hydrogen-bond acceptors (Lipinski definition) is 2. The van der Waals surface area contributed by atoms with E-state index >= 15 is 0 Å². The van der Waals surface area contributed by atoms with Crippen molar-refractivity contribution in [2.24, 2.45) is 5.92 Å². The summed E-state index contributed by atoms with van der Waals surface area (Å²) in [5.41, 5.74) is 0. The minimum Gasteiger partial charge on any atom is -0.296 e. The summed E-state index contributed by atoms with van der Waals surface area (Å²) >= 11 is 0. The fourth-order valence-electron chi connectivity index (χ4n) is 2.78. The van der Waals surface area contributed by atoms with Gasteiger partial charge in [0.1, 0.15) is 0 Å². The van der Waals surface area contributed by atoms with Gasteiger partial charge in [0, 0.05) is 12.1 Å². The van der Waals surface area contributed by atoms with Crippen LogP contribution in [0.5, 0.6) is 0 Å². The molecule has 0 heterocycles. The predicted molar refractivity (Wildman–Crippen MR) is 68.1 cm³/mol. The Morgan fingerprint density at radius 2 is 2.12 bits per heavy atom. The third-order valence-corrected chi connectivity index (χ3v) is 4.00. The first-order valence-electron chi connectivity index (χ1n) is 6.89. The summed E-state index contributed by atoms with van der Waals surface area (Å²) in [5, 5.41) is 9.19. The molecule has 1 aliphatic rings. The van der Waals surface area contributed by atoms with Crippen LogP contribution in [0.2, 0.25) is 0 Å². The normalized spacial score (nSPS) is 26.9. The molecule has 0 aromatic heterocycles. The summed E-state index contributed by atoms with van der Waals surface area (Å²) < 4.78 is 0. The maximum absolute atomic E-state index is 9.19. The van der Waals surface area contributed by atoms with Gasteiger partial charge < -0.3 is 0 Å². The molecule has 2 heteroatoms. The minimum absolute atomic E-state index is 0.283. The molecule has 3 unspecified atom stereocenters. The molecule has 0 N–H and O–H groups in total. The third kappa shape index (κ3) is 3.22. The van der Waals surface area contributed by atoms with E-state index in [2.05, 4.69) is 31.7 Å². The molecule has 1 aliphatic carbocycles. The maximum atomic E-state index is 9.19. The van der Waals surface area contributed by atoms with Crippen molar-refractivity contribution in [3.05, 3.63) is 0 Å². The highest BCUT2D eigenvalue weighted by molar-refractivity contribution is 4.98. The minimum atomic E-state index is 0.283. The smallest absolute Gasteiger partial charge is 0.0672 e. The lowest BCUT2D eigenvalue weighted by Crippen LogP contribution is -2.43. The van der Waals surface area contributed by atoms with E-state index in [0.29, 0.717) is 12.1 Å². The second kappa shape index (κ2) is 6.91. The first kappa shape index (κ1) is 13.5. The van der Waals surface area contributed by atoms with Gasteiger partial charge in [0.15, 0.2) is 0 Å². The zero-order chi connectivity index (χ0) is 12.0. The molecule has 0 saturated heterocycles. The second-order valence-electron chi connectivity index (χ2n) is 5.08. The van der Waals surface area contributed by atoms with Crippen LogP contribution in [0.15, 0.2) is 0 Å². The largest absolute Gasteiger partial charge is 0.296 e. The first-order chi connectivity index (χ1) is 7.74. The molecule has 0 bridgehead atoms. The topological polar surface area (TPSA) is 27.0 Å². The van der Waals surface area contributed by atoms with Gasteiger partial charge in [0.2, 0.25) is 0 Å². The van der Waals surface area contributed by atoms with Gasteiger partial charge in [-0.2, -0.15) is 5.26 Å². The standard InChI is InChI=1S/C14H26N2/c1-4-6-10-16(12(3)5-2)14-9-7-8-13(14)11-15/h12-14H,4-10H2,1-3H3. The fourth-order valence-corrected chi connectivity index (χ4v) is 2.78. The Kier molecular flexibility index (Phi) is 5.84. The molecular weight excluding hydrogens is 196 g/mol. The molecule has 0 aromatic carbocycles. The lowest BCUT2D eigenvalue weighted by molar-refractivity contribution is 0.123. The monoisotopic (exact) mass is 222 g/mol. The van der Waals surface area contributed by atoms with E-state index in [1.807, 2.05) is 0 Å². The Hall–Kier alpha value is -0.550. The van der Waals surface area contributed by atoms with E-state index in [1.165, 1.54) is 38.6 Å². The molecule has 1 fully saturated rings. The van der Waals surface area contributed by atoms with Gasteiger partial charge in [-0.15, -0.1) is 0 Å². The Labute approximate surface area is 101 Å². The summed E-state index contributed by atoms with van der Waals surface area (Å²) in [6.07, 6.45) is 7.28. The summed E-state index contributed by atoms with van der Waals surface area (Å²) in [7, 11) is 0. The molecular formula is C14H26N2. The van der Waals surface area contributed by atoms with Gasteiger partial charge in [-0.3, -0.25) is 4.90 Å². The van der Waals surface area contributed by atoms with E-state index in [0.717, 1.165) is 6.42 Å². The number of hydrogen-bond donors (Lipinski definition) is 0. The molecule has 0 spiro atoms. The molecule has 92 valence electrons. The van der Waals surface area contributed by atoms with Gasteiger partial charge in [-0.05, 0) is 39.2 Å². The van der Waals surface area contributed by atoms with E-state index < -0.39 is 0 Å². The Bertz CT molecular complexity index is 231. The van der Waals surface area contributed by atoms with E-state index in [9.17, 15) is 5.26 Å². The molecule has 0 radical (unpaired) electrons. The van der Waals surface area contributed by atoms with Crippen molar-refractivity contribution < 1.29 is 0 Å². The zero-order valence-corrected chi connectivity index (χ0v) is 11.1. The summed E-state index contributed by atoms with van der Waals surface area (Å²) in [5.74, 6) is 0.283. The predicted octanol–water partition coefficient (Wildman–Crippen LogP) is 3.58. The van der Waals surface area contributed by atoms with E-state index in [4.69, 9.17) is 0 Å². The van der Waals surface area contributed by atoms with Crippen LogP contribution >= 0.6 is 0 Å². The fraction of sp³-hybridized carbons (Fsp3) is 0.929. The van der Waals surface area contributed by atoms with Gasteiger partial charge in [-0.1, -0.05) is 26.7 Å². The SMILES string of the molecule is CCCCN(C(C)CC)C1CCCC1C#N. The average molecular weight is 222 g/mol. The molecule has 1 rings (SSSR count). The highest BCUT2D eigenvalue weighted by Gasteiger charge is 2.33. The van der Waals surface area contributed by atoms with Gasteiger partial charge in [-0.25, -0.2) is 0 Å². The Morgan fingerprint density at radius 1 is 1.38 bits per heavy atom. The van der Waals surface area contributed by atoms with Crippen molar-refractivity contribution in [2.45, 2.75) is 71.4 Å². The third-order valence-electron chi connectivity index (χ3n) is 4.00. The highest BCUT2D eigenvalue weighted by atomic mass is 15.2.